The van der Waals surface area contributed by atoms with E-state index in [9.17, 15) is 17.6 Å². The Balaban J connectivity index is 1.97. The summed E-state index contributed by atoms with van der Waals surface area (Å²) in [5, 5.41) is -0.777. The highest BCUT2D eigenvalue weighted by molar-refractivity contribution is 7.90. The second kappa shape index (κ2) is 7.32. The van der Waals surface area contributed by atoms with Crippen molar-refractivity contribution in [1.82, 2.24) is 9.71 Å². The summed E-state index contributed by atoms with van der Waals surface area (Å²) in [5.74, 6) is -1.70. The van der Waals surface area contributed by atoms with Crippen LogP contribution in [-0.2, 0) is 27.7 Å². The summed E-state index contributed by atoms with van der Waals surface area (Å²) in [6.07, 6.45) is 2.46. The molecule has 1 aromatic carbocycles. The highest BCUT2D eigenvalue weighted by atomic mass is 32.2. The maximum Gasteiger partial charge on any atom is 0.284 e. The molecule has 0 spiro atoms. The van der Waals surface area contributed by atoms with Crippen LogP contribution < -0.4 is 4.72 Å². The summed E-state index contributed by atoms with van der Waals surface area (Å²) >= 11 is 0. The fraction of sp³-hybridized carbons (Fsp3) is 0.250. The van der Waals surface area contributed by atoms with Crippen LogP contribution in [0.3, 0.4) is 0 Å². The molecule has 0 fully saturated rings. The van der Waals surface area contributed by atoms with Crippen LogP contribution in [0.15, 0.2) is 47.6 Å². The molecular formula is C16H17FN2O3S. The van der Waals surface area contributed by atoms with Gasteiger partial charge in [-0.2, -0.15) is 8.42 Å². The summed E-state index contributed by atoms with van der Waals surface area (Å²) in [5.41, 5.74) is 2.12. The number of sulfonamides is 1. The van der Waals surface area contributed by atoms with Gasteiger partial charge in [-0.1, -0.05) is 31.2 Å². The second-order valence-electron chi connectivity index (χ2n) is 4.99. The molecule has 1 amide bonds. The van der Waals surface area contributed by atoms with Gasteiger partial charge < -0.3 is 0 Å². The van der Waals surface area contributed by atoms with Crippen LogP contribution in [0.4, 0.5) is 4.39 Å². The topological polar surface area (TPSA) is 76.1 Å². The number of hydrogen-bond donors (Lipinski definition) is 1. The first-order valence-electron chi connectivity index (χ1n) is 7.16. The van der Waals surface area contributed by atoms with Gasteiger partial charge in [0.1, 0.15) is 0 Å². The molecule has 1 aromatic heterocycles. The molecule has 23 heavy (non-hydrogen) atoms. The van der Waals surface area contributed by atoms with Crippen molar-refractivity contribution in [3.05, 3.63) is 59.5 Å². The number of carbonyl (C=O) groups excluding carboxylic acids is 1. The van der Waals surface area contributed by atoms with E-state index < -0.39 is 26.8 Å². The van der Waals surface area contributed by atoms with E-state index in [0.29, 0.717) is 6.42 Å². The van der Waals surface area contributed by atoms with Crippen LogP contribution in [0.2, 0.25) is 0 Å². The van der Waals surface area contributed by atoms with Crippen LogP contribution in [0.1, 0.15) is 24.5 Å². The first-order valence-corrected chi connectivity index (χ1v) is 8.64. The number of hydrogen-bond acceptors (Lipinski definition) is 4. The number of nitrogens with zero attached hydrogens (tertiary/aromatic N) is 1. The average Bonchev–Trinajstić information content (AvgIpc) is 2.53. The summed E-state index contributed by atoms with van der Waals surface area (Å²) in [7, 11) is -4.29. The number of benzene rings is 1. The standard InChI is InChI=1S/C16H17FN2O3S/c1-2-12-5-7-13(8-6-12)9-10-15(20)19-23(21,22)16-14(17)4-3-11-18-16/h3-8,11H,2,9-10H2,1H3,(H,19,20). The van der Waals surface area contributed by atoms with E-state index in [1.54, 1.807) is 0 Å². The fourth-order valence-electron chi connectivity index (χ4n) is 2.02. The monoisotopic (exact) mass is 336 g/mol. The molecule has 0 aliphatic heterocycles. The summed E-state index contributed by atoms with van der Waals surface area (Å²) in [6.45, 7) is 2.05. The smallest absolute Gasteiger partial charge is 0.274 e. The van der Waals surface area contributed by atoms with Crippen molar-refractivity contribution in [1.29, 1.82) is 0 Å². The molecule has 2 rings (SSSR count). The van der Waals surface area contributed by atoms with E-state index in [2.05, 4.69) is 4.98 Å². The second-order valence-corrected chi connectivity index (χ2v) is 6.59. The minimum atomic E-state index is -4.29. The van der Waals surface area contributed by atoms with Gasteiger partial charge in [-0.05, 0) is 36.1 Å². The lowest BCUT2D eigenvalue weighted by Crippen LogP contribution is -2.32. The number of halogens is 1. The molecule has 0 bridgehead atoms. The van der Waals surface area contributed by atoms with Crippen molar-refractivity contribution in [3.8, 4) is 0 Å². The first-order chi connectivity index (χ1) is 10.9. The van der Waals surface area contributed by atoms with E-state index in [-0.39, 0.29) is 6.42 Å². The van der Waals surface area contributed by atoms with Gasteiger partial charge in [0.15, 0.2) is 5.82 Å². The Hall–Kier alpha value is -2.28. The third kappa shape index (κ3) is 4.59. The van der Waals surface area contributed by atoms with Crippen molar-refractivity contribution in [2.45, 2.75) is 31.2 Å². The maximum absolute atomic E-state index is 13.5. The molecule has 0 atom stereocenters. The van der Waals surface area contributed by atoms with E-state index in [1.165, 1.54) is 11.6 Å². The van der Waals surface area contributed by atoms with Gasteiger partial charge >= 0.3 is 0 Å². The number of aryl methyl sites for hydroxylation is 2. The molecule has 1 heterocycles. The Bertz CT molecular complexity index is 789. The average molecular weight is 336 g/mol. The molecule has 5 nitrogen and oxygen atoms in total. The van der Waals surface area contributed by atoms with E-state index in [1.807, 2.05) is 35.9 Å². The molecule has 2 aromatic rings. The van der Waals surface area contributed by atoms with Crippen molar-refractivity contribution < 1.29 is 17.6 Å². The number of aromatic nitrogens is 1. The van der Waals surface area contributed by atoms with Gasteiger partial charge in [0.2, 0.25) is 10.9 Å². The van der Waals surface area contributed by atoms with Gasteiger partial charge in [-0.15, -0.1) is 0 Å². The molecule has 0 saturated heterocycles. The van der Waals surface area contributed by atoms with Crippen LogP contribution in [0.5, 0.6) is 0 Å². The Labute approximate surface area is 134 Å². The Morgan fingerprint density at radius 3 is 2.43 bits per heavy atom. The molecule has 0 aliphatic carbocycles. The lowest BCUT2D eigenvalue weighted by Gasteiger charge is -2.07. The van der Waals surface area contributed by atoms with Crippen LogP contribution in [-0.4, -0.2) is 19.3 Å². The van der Waals surface area contributed by atoms with Gasteiger partial charge in [0.05, 0.1) is 0 Å². The Kier molecular flexibility index (Phi) is 5.44. The quantitative estimate of drug-likeness (QED) is 0.877. The lowest BCUT2D eigenvalue weighted by molar-refractivity contribution is -0.119. The maximum atomic E-state index is 13.5. The van der Waals surface area contributed by atoms with Gasteiger partial charge in [-0.3, -0.25) is 4.79 Å². The highest BCUT2D eigenvalue weighted by Gasteiger charge is 2.22. The van der Waals surface area contributed by atoms with E-state index in [0.717, 1.165) is 24.2 Å². The lowest BCUT2D eigenvalue weighted by atomic mass is 10.1. The predicted octanol–water partition coefficient (Wildman–Crippen LogP) is 2.22. The van der Waals surface area contributed by atoms with Gasteiger partial charge in [0.25, 0.3) is 10.0 Å². The fourth-order valence-corrected chi connectivity index (χ4v) is 3.04. The predicted molar refractivity (Wildman–Crippen MR) is 83.7 cm³/mol. The zero-order valence-electron chi connectivity index (χ0n) is 12.6. The van der Waals surface area contributed by atoms with E-state index >= 15 is 0 Å². The van der Waals surface area contributed by atoms with Gasteiger partial charge in [-0.25, -0.2) is 14.1 Å². The molecule has 0 unspecified atom stereocenters. The van der Waals surface area contributed by atoms with Crippen molar-refractivity contribution in [2.24, 2.45) is 0 Å². The zero-order chi connectivity index (χ0) is 16.9. The van der Waals surface area contributed by atoms with Crippen molar-refractivity contribution >= 4 is 15.9 Å². The third-order valence-electron chi connectivity index (χ3n) is 3.30. The molecule has 0 saturated carbocycles. The zero-order valence-corrected chi connectivity index (χ0v) is 13.4. The molecule has 0 radical (unpaired) electrons. The largest absolute Gasteiger partial charge is 0.284 e. The minimum absolute atomic E-state index is 0.0147. The highest BCUT2D eigenvalue weighted by Crippen LogP contribution is 2.11. The minimum Gasteiger partial charge on any atom is -0.274 e. The number of carbonyl (C=O) groups is 1. The summed E-state index contributed by atoms with van der Waals surface area (Å²) in [4.78, 5) is 15.3. The molecule has 7 heteroatoms. The van der Waals surface area contributed by atoms with Crippen molar-refractivity contribution in [2.75, 3.05) is 0 Å². The number of amides is 1. The normalized spacial score (nSPS) is 11.2. The Morgan fingerprint density at radius 1 is 1.17 bits per heavy atom. The van der Waals surface area contributed by atoms with Crippen LogP contribution in [0.25, 0.3) is 0 Å². The summed E-state index contributed by atoms with van der Waals surface area (Å²) < 4.78 is 39.1. The molecule has 122 valence electrons. The number of nitrogens with one attached hydrogen (secondary N) is 1. The van der Waals surface area contributed by atoms with Gasteiger partial charge in [0, 0.05) is 12.6 Å². The summed E-state index contributed by atoms with van der Waals surface area (Å²) in [6, 6.07) is 9.98. The van der Waals surface area contributed by atoms with Crippen LogP contribution in [0, 0.1) is 5.82 Å². The molecule has 0 aliphatic rings. The first kappa shape index (κ1) is 17.1. The SMILES string of the molecule is CCc1ccc(CCC(=O)NS(=O)(=O)c2ncccc2F)cc1. The number of pyridine rings is 1. The number of rotatable bonds is 6. The van der Waals surface area contributed by atoms with Crippen LogP contribution >= 0.6 is 0 Å². The van der Waals surface area contributed by atoms with Crippen molar-refractivity contribution in [3.63, 3.8) is 0 Å². The molecule has 1 N–H and O–H groups in total. The van der Waals surface area contributed by atoms with E-state index in [4.69, 9.17) is 0 Å². The Morgan fingerprint density at radius 2 is 1.83 bits per heavy atom. The third-order valence-corrected chi connectivity index (χ3v) is 4.61. The molecular weight excluding hydrogens is 319 g/mol.